The van der Waals surface area contributed by atoms with E-state index < -0.39 is 17.9 Å². The van der Waals surface area contributed by atoms with E-state index in [9.17, 15) is 14.7 Å². The van der Waals surface area contributed by atoms with Gasteiger partial charge in [-0.05, 0) is 23.3 Å². The molecule has 0 aliphatic carbocycles. The van der Waals surface area contributed by atoms with Crippen LogP contribution < -0.4 is 11.1 Å². The molecule has 2 rings (SSSR count). The zero-order valence-corrected chi connectivity index (χ0v) is 11.3. The molecule has 0 aliphatic rings. The predicted octanol–water partition coefficient (Wildman–Crippen LogP) is 1.70. The number of carboxylic acid groups (broad SMARTS) is 1. The van der Waals surface area contributed by atoms with Crippen molar-refractivity contribution in [2.24, 2.45) is 5.73 Å². The molecule has 1 amide bonds. The smallest absolute Gasteiger partial charge is 0.325 e. The van der Waals surface area contributed by atoms with E-state index in [0.717, 1.165) is 5.56 Å². The lowest BCUT2D eigenvalue weighted by Gasteiger charge is -2.15. The van der Waals surface area contributed by atoms with Crippen molar-refractivity contribution in [2.45, 2.75) is 12.6 Å². The van der Waals surface area contributed by atoms with Crippen molar-refractivity contribution in [1.29, 1.82) is 0 Å². The summed E-state index contributed by atoms with van der Waals surface area (Å²) in [6.45, 7) is 0.326. The van der Waals surface area contributed by atoms with E-state index in [1.54, 1.807) is 42.5 Å². The summed E-state index contributed by atoms with van der Waals surface area (Å²) in [4.78, 5) is 22.5. The minimum absolute atomic E-state index is 0.326. The molecule has 0 saturated carbocycles. The number of hydrogen-bond acceptors (Lipinski definition) is 3. The number of carboxylic acids is 1. The molecule has 2 aromatic rings. The Hall–Kier alpha value is -2.66. The highest BCUT2D eigenvalue weighted by molar-refractivity contribution is 5.92. The highest BCUT2D eigenvalue weighted by Gasteiger charge is 2.18. The Morgan fingerprint density at radius 1 is 1.10 bits per heavy atom. The van der Waals surface area contributed by atoms with Crippen molar-refractivity contribution < 1.29 is 14.7 Å². The molecule has 1 unspecified atom stereocenters. The van der Waals surface area contributed by atoms with Gasteiger partial charge in [-0.3, -0.25) is 14.9 Å². The number of nitrogens with two attached hydrogens (primary N) is 1. The molecule has 0 spiro atoms. The van der Waals surface area contributed by atoms with Crippen LogP contribution in [0.25, 0.3) is 0 Å². The van der Waals surface area contributed by atoms with Crippen molar-refractivity contribution in [3.8, 4) is 0 Å². The van der Waals surface area contributed by atoms with Gasteiger partial charge < -0.3 is 10.8 Å². The van der Waals surface area contributed by atoms with Crippen LogP contribution in [0.2, 0.25) is 0 Å². The van der Waals surface area contributed by atoms with Crippen LogP contribution in [-0.2, 0) is 11.3 Å². The molecule has 0 aliphatic heterocycles. The zero-order chi connectivity index (χ0) is 15.2. The predicted molar refractivity (Wildman–Crippen MR) is 78.6 cm³/mol. The first kappa shape index (κ1) is 14.7. The summed E-state index contributed by atoms with van der Waals surface area (Å²) in [5, 5.41) is 12.3. The number of carbonyl (C=O) groups is 2. The highest BCUT2D eigenvalue weighted by Crippen LogP contribution is 2.14. The molecule has 0 bridgehead atoms. The maximum absolute atomic E-state index is 11.4. The molecule has 0 aromatic heterocycles. The van der Waals surface area contributed by atoms with E-state index in [2.05, 4.69) is 5.32 Å². The van der Waals surface area contributed by atoms with E-state index >= 15 is 0 Å². The molecule has 0 heterocycles. The summed E-state index contributed by atoms with van der Waals surface area (Å²) >= 11 is 0. The van der Waals surface area contributed by atoms with Gasteiger partial charge in [-0.25, -0.2) is 0 Å². The first-order valence-electron chi connectivity index (χ1n) is 6.48. The lowest BCUT2D eigenvalue weighted by Crippen LogP contribution is -2.28. The van der Waals surface area contributed by atoms with Gasteiger partial charge >= 0.3 is 5.97 Å². The molecule has 2 aromatic carbocycles. The summed E-state index contributed by atoms with van der Waals surface area (Å²) in [6.07, 6.45) is 0. The lowest BCUT2D eigenvalue weighted by atomic mass is 10.1. The maximum Gasteiger partial charge on any atom is 0.325 e. The lowest BCUT2D eigenvalue weighted by molar-refractivity contribution is -0.139. The molecule has 0 fully saturated rings. The highest BCUT2D eigenvalue weighted by atomic mass is 16.4. The number of amides is 1. The van der Waals surface area contributed by atoms with Gasteiger partial charge in [-0.1, -0.05) is 42.5 Å². The average Bonchev–Trinajstić information content (AvgIpc) is 2.48. The van der Waals surface area contributed by atoms with E-state index in [0.29, 0.717) is 17.7 Å². The van der Waals surface area contributed by atoms with Crippen molar-refractivity contribution in [3.05, 3.63) is 71.3 Å². The van der Waals surface area contributed by atoms with Crippen LogP contribution in [0, 0.1) is 0 Å². The standard InChI is InChI=1S/C16H16N2O3/c17-15(19)13-8-4-5-11(9-13)10-18-14(16(20)21)12-6-2-1-3-7-12/h1-9,14,18H,10H2,(H2,17,19)(H,20,21). The Morgan fingerprint density at radius 2 is 1.81 bits per heavy atom. The van der Waals surface area contributed by atoms with Gasteiger partial charge in [0.05, 0.1) is 0 Å². The quantitative estimate of drug-likeness (QED) is 0.752. The van der Waals surface area contributed by atoms with Crippen LogP contribution in [0.3, 0.4) is 0 Å². The fraction of sp³-hybridized carbons (Fsp3) is 0.125. The molecule has 1 atom stereocenters. The molecule has 21 heavy (non-hydrogen) atoms. The van der Waals surface area contributed by atoms with Gasteiger partial charge in [-0.2, -0.15) is 0 Å². The van der Waals surface area contributed by atoms with Crippen LogP contribution in [-0.4, -0.2) is 17.0 Å². The van der Waals surface area contributed by atoms with Crippen molar-refractivity contribution in [3.63, 3.8) is 0 Å². The van der Waals surface area contributed by atoms with Crippen LogP contribution in [0.4, 0.5) is 0 Å². The van der Waals surface area contributed by atoms with Crippen LogP contribution in [0.15, 0.2) is 54.6 Å². The minimum Gasteiger partial charge on any atom is -0.480 e. The van der Waals surface area contributed by atoms with Gasteiger partial charge in [0, 0.05) is 12.1 Å². The molecule has 4 N–H and O–H groups in total. The van der Waals surface area contributed by atoms with E-state index in [1.165, 1.54) is 0 Å². The third-order valence-electron chi connectivity index (χ3n) is 3.10. The van der Waals surface area contributed by atoms with Gasteiger partial charge in [-0.15, -0.1) is 0 Å². The summed E-state index contributed by atoms with van der Waals surface area (Å²) < 4.78 is 0. The number of carbonyl (C=O) groups excluding carboxylic acids is 1. The number of aliphatic carboxylic acids is 1. The number of primary amides is 1. The van der Waals surface area contributed by atoms with Crippen molar-refractivity contribution in [1.82, 2.24) is 5.32 Å². The second-order valence-electron chi connectivity index (χ2n) is 4.63. The van der Waals surface area contributed by atoms with E-state index in [-0.39, 0.29) is 0 Å². The SMILES string of the molecule is NC(=O)c1cccc(CNC(C(=O)O)c2ccccc2)c1. The number of rotatable bonds is 6. The number of benzene rings is 2. The first-order chi connectivity index (χ1) is 10.1. The zero-order valence-electron chi connectivity index (χ0n) is 11.3. The third-order valence-corrected chi connectivity index (χ3v) is 3.10. The Bertz CT molecular complexity index is 641. The minimum atomic E-state index is -0.952. The van der Waals surface area contributed by atoms with Gasteiger partial charge in [0.25, 0.3) is 0 Å². The Balaban J connectivity index is 2.11. The number of hydrogen-bond donors (Lipinski definition) is 3. The molecule has 0 radical (unpaired) electrons. The second-order valence-corrected chi connectivity index (χ2v) is 4.63. The van der Waals surface area contributed by atoms with Gasteiger partial charge in [0.15, 0.2) is 0 Å². The number of nitrogens with one attached hydrogen (secondary N) is 1. The Labute approximate surface area is 122 Å². The molecular formula is C16H16N2O3. The molecule has 0 saturated heterocycles. The van der Waals surface area contributed by atoms with E-state index in [4.69, 9.17) is 5.73 Å². The summed E-state index contributed by atoms with van der Waals surface area (Å²) in [5.74, 6) is -1.46. The monoisotopic (exact) mass is 284 g/mol. The van der Waals surface area contributed by atoms with Crippen molar-refractivity contribution in [2.75, 3.05) is 0 Å². The second kappa shape index (κ2) is 6.67. The van der Waals surface area contributed by atoms with Crippen molar-refractivity contribution >= 4 is 11.9 Å². The molecule has 108 valence electrons. The third kappa shape index (κ3) is 3.90. The fourth-order valence-corrected chi connectivity index (χ4v) is 2.05. The Morgan fingerprint density at radius 3 is 2.43 bits per heavy atom. The van der Waals surface area contributed by atoms with Gasteiger partial charge in [0.1, 0.15) is 6.04 Å². The van der Waals surface area contributed by atoms with Crippen LogP contribution >= 0.6 is 0 Å². The maximum atomic E-state index is 11.4. The summed E-state index contributed by atoms with van der Waals surface area (Å²) in [6, 6.07) is 14.9. The molecule has 5 nitrogen and oxygen atoms in total. The molecular weight excluding hydrogens is 268 g/mol. The largest absolute Gasteiger partial charge is 0.480 e. The fourth-order valence-electron chi connectivity index (χ4n) is 2.05. The van der Waals surface area contributed by atoms with Gasteiger partial charge in [0.2, 0.25) is 5.91 Å². The molecule has 5 heteroatoms. The summed E-state index contributed by atoms with van der Waals surface area (Å²) in [5.41, 5.74) is 7.10. The van der Waals surface area contributed by atoms with Crippen LogP contribution in [0.5, 0.6) is 0 Å². The first-order valence-corrected chi connectivity index (χ1v) is 6.48. The normalized spacial score (nSPS) is 11.8. The average molecular weight is 284 g/mol. The van der Waals surface area contributed by atoms with E-state index in [1.807, 2.05) is 12.1 Å². The summed E-state index contributed by atoms with van der Waals surface area (Å²) in [7, 11) is 0. The Kier molecular flexibility index (Phi) is 4.68. The topological polar surface area (TPSA) is 92.4 Å². The van der Waals surface area contributed by atoms with Crippen LogP contribution in [0.1, 0.15) is 27.5 Å².